The van der Waals surface area contributed by atoms with E-state index in [0.29, 0.717) is 22.7 Å². The molecule has 7 heteroatoms. The summed E-state index contributed by atoms with van der Waals surface area (Å²) in [5.74, 6) is -0.455. The Labute approximate surface area is 165 Å². The van der Waals surface area contributed by atoms with Crippen LogP contribution >= 0.6 is 11.3 Å². The summed E-state index contributed by atoms with van der Waals surface area (Å²) in [5.41, 5.74) is 4.27. The Bertz CT molecular complexity index is 1300. The smallest absolute Gasteiger partial charge is 0.262 e. The lowest BCUT2D eigenvalue weighted by molar-refractivity contribution is 0.102. The number of nitrogens with one attached hydrogen (secondary N) is 1. The zero-order valence-corrected chi connectivity index (χ0v) is 17.0. The van der Waals surface area contributed by atoms with Crippen molar-refractivity contribution in [2.24, 2.45) is 0 Å². The van der Waals surface area contributed by atoms with Crippen molar-refractivity contribution in [3.63, 3.8) is 0 Å². The standard InChI is InChI=1S/C21H20N4O2S/c1-5-25-10-15(18(26)14-7-6-13(4)22-19(14)25)20(27)24-21-23-17-12(3)8-11(2)9-16(17)28-21/h6-10H,5H2,1-4H3,(H,23,24,27). The molecule has 28 heavy (non-hydrogen) atoms. The second kappa shape index (κ2) is 6.83. The molecule has 0 saturated heterocycles. The molecular weight excluding hydrogens is 372 g/mol. The summed E-state index contributed by atoms with van der Waals surface area (Å²) < 4.78 is 2.83. The number of benzene rings is 1. The lowest BCUT2D eigenvalue weighted by Crippen LogP contribution is -2.24. The van der Waals surface area contributed by atoms with Crippen LogP contribution in [0.25, 0.3) is 21.3 Å². The van der Waals surface area contributed by atoms with E-state index in [4.69, 9.17) is 0 Å². The highest BCUT2D eigenvalue weighted by molar-refractivity contribution is 7.22. The molecule has 0 aliphatic carbocycles. The van der Waals surface area contributed by atoms with Crippen LogP contribution < -0.4 is 10.7 Å². The van der Waals surface area contributed by atoms with E-state index in [9.17, 15) is 9.59 Å². The zero-order valence-electron chi connectivity index (χ0n) is 16.2. The molecule has 6 nitrogen and oxygen atoms in total. The number of aryl methyl sites for hydroxylation is 4. The van der Waals surface area contributed by atoms with Gasteiger partial charge in [-0.3, -0.25) is 14.9 Å². The number of thiazole rings is 1. The highest BCUT2D eigenvalue weighted by Gasteiger charge is 2.18. The van der Waals surface area contributed by atoms with E-state index in [1.54, 1.807) is 18.3 Å². The van der Waals surface area contributed by atoms with Gasteiger partial charge in [0, 0.05) is 18.4 Å². The van der Waals surface area contributed by atoms with Crippen molar-refractivity contribution >= 4 is 43.6 Å². The number of aromatic nitrogens is 3. The predicted octanol–water partition coefficient (Wildman–Crippen LogP) is 4.20. The SMILES string of the molecule is CCn1cc(C(=O)Nc2nc3c(C)cc(C)cc3s2)c(=O)c2ccc(C)nc21. The Kier molecular flexibility index (Phi) is 4.47. The van der Waals surface area contributed by atoms with Crippen LogP contribution in [0.2, 0.25) is 0 Å². The molecule has 1 amide bonds. The van der Waals surface area contributed by atoms with Gasteiger partial charge in [0.1, 0.15) is 11.2 Å². The number of nitrogens with zero attached hydrogens (tertiary/aromatic N) is 3. The van der Waals surface area contributed by atoms with Gasteiger partial charge in [0.2, 0.25) is 5.43 Å². The monoisotopic (exact) mass is 392 g/mol. The molecule has 0 unspecified atom stereocenters. The summed E-state index contributed by atoms with van der Waals surface area (Å²) in [5, 5.41) is 3.72. The van der Waals surface area contributed by atoms with Crippen molar-refractivity contribution in [1.29, 1.82) is 0 Å². The van der Waals surface area contributed by atoms with Gasteiger partial charge in [-0.25, -0.2) is 9.97 Å². The molecule has 0 saturated carbocycles. The summed E-state index contributed by atoms with van der Waals surface area (Å²) in [6, 6.07) is 7.62. The van der Waals surface area contributed by atoms with Crippen molar-refractivity contribution < 1.29 is 4.79 Å². The van der Waals surface area contributed by atoms with Gasteiger partial charge in [-0.1, -0.05) is 17.4 Å². The predicted molar refractivity (Wildman–Crippen MR) is 113 cm³/mol. The van der Waals surface area contributed by atoms with Crippen LogP contribution in [0, 0.1) is 20.8 Å². The first-order valence-corrected chi connectivity index (χ1v) is 9.89. The summed E-state index contributed by atoms with van der Waals surface area (Å²) in [4.78, 5) is 34.7. The molecule has 0 bridgehead atoms. The average Bonchev–Trinajstić information content (AvgIpc) is 3.04. The van der Waals surface area contributed by atoms with E-state index >= 15 is 0 Å². The number of amides is 1. The Morgan fingerprint density at radius 2 is 1.96 bits per heavy atom. The van der Waals surface area contributed by atoms with Crippen LogP contribution in [0.1, 0.15) is 34.1 Å². The van der Waals surface area contributed by atoms with E-state index in [1.165, 1.54) is 11.3 Å². The van der Waals surface area contributed by atoms with Crippen LogP contribution in [0.3, 0.4) is 0 Å². The Balaban J connectivity index is 1.77. The molecule has 4 aromatic rings. The maximum absolute atomic E-state index is 12.9. The van der Waals surface area contributed by atoms with Gasteiger partial charge in [-0.05, 0) is 57.0 Å². The van der Waals surface area contributed by atoms with Crippen LogP contribution in [0.5, 0.6) is 0 Å². The molecule has 1 aromatic carbocycles. The largest absolute Gasteiger partial charge is 0.332 e. The molecule has 0 spiro atoms. The highest BCUT2D eigenvalue weighted by Crippen LogP contribution is 2.29. The maximum atomic E-state index is 12.9. The third kappa shape index (κ3) is 3.07. The number of rotatable bonds is 3. The molecule has 1 N–H and O–H groups in total. The fraction of sp³-hybridized carbons (Fsp3) is 0.238. The van der Waals surface area contributed by atoms with Crippen LogP contribution in [-0.4, -0.2) is 20.4 Å². The normalized spacial score (nSPS) is 11.3. The van der Waals surface area contributed by atoms with Crippen LogP contribution in [0.4, 0.5) is 5.13 Å². The quantitative estimate of drug-likeness (QED) is 0.567. The number of fused-ring (bicyclic) bond motifs is 2. The number of hydrogen-bond donors (Lipinski definition) is 1. The fourth-order valence-corrected chi connectivity index (χ4v) is 4.39. The molecule has 0 fully saturated rings. The molecule has 0 radical (unpaired) electrons. The van der Waals surface area contributed by atoms with Gasteiger partial charge in [-0.2, -0.15) is 0 Å². The summed E-state index contributed by atoms with van der Waals surface area (Å²) >= 11 is 1.41. The fourth-order valence-electron chi connectivity index (χ4n) is 3.35. The zero-order chi connectivity index (χ0) is 20.0. The average molecular weight is 392 g/mol. The number of carbonyl (C=O) groups is 1. The minimum atomic E-state index is -0.455. The third-order valence-corrected chi connectivity index (χ3v) is 5.61. The van der Waals surface area contributed by atoms with Gasteiger partial charge < -0.3 is 4.57 Å². The van der Waals surface area contributed by atoms with Crippen molar-refractivity contribution in [3.8, 4) is 0 Å². The van der Waals surface area contributed by atoms with Crippen molar-refractivity contribution in [1.82, 2.24) is 14.5 Å². The first-order chi connectivity index (χ1) is 13.4. The number of hydrogen-bond acceptors (Lipinski definition) is 5. The maximum Gasteiger partial charge on any atom is 0.262 e. The van der Waals surface area contributed by atoms with E-state index in [0.717, 1.165) is 27.0 Å². The third-order valence-electron chi connectivity index (χ3n) is 4.70. The summed E-state index contributed by atoms with van der Waals surface area (Å²) in [7, 11) is 0. The van der Waals surface area contributed by atoms with Crippen molar-refractivity contribution in [2.45, 2.75) is 34.2 Å². The van der Waals surface area contributed by atoms with Gasteiger partial charge in [0.25, 0.3) is 5.91 Å². The second-order valence-corrected chi connectivity index (χ2v) is 7.91. The minimum Gasteiger partial charge on any atom is -0.332 e. The minimum absolute atomic E-state index is 0.0900. The van der Waals surface area contributed by atoms with Crippen molar-refractivity contribution in [2.75, 3.05) is 5.32 Å². The Morgan fingerprint density at radius 3 is 2.71 bits per heavy atom. The Hall–Kier alpha value is -3.06. The number of anilines is 1. The van der Waals surface area contributed by atoms with Crippen LogP contribution in [0.15, 0.2) is 35.3 Å². The van der Waals surface area contributed by atoms with E-state index in [2.05, 4.69) is 21.4 Å². The van der Waals surface area contributed by atoms with Gasteiger partial charge in [0.15, 0.2) is 5.13 Å². The topological polar surface area (TPSA) is 76.9 Å². The summed E-state index contributed by atoms with van der Waals surface area (Å²) in [6.45, 7) is 8.46. The molecule has 142 valence electrons. The molecule has 4 rings (SSSR count). The van der Waals surface area contributed by atoms with Crippen LogP contribution in [-0.2, 0) is 6.54 Å². The summed E-state index contributed by atoms with van der Waals surface area (Å²) in [6.07, 6.45) is 1.58. The highest BCUT2D eigenvalue weighted by atomic mass is 32.1. The lowest BCUT2D eigenvalue weighted by atomic mass is 10.1. The van der Waals surface area contributed by atoms with Gasteiger partial charge >= 0.3 is 0 Å². The van der Waals surface area contributed by atoms with E-state index in [1.807, 2.05) is 38.3 Å². The lowest BCUT2D eigenvalue weighted by Gasteiger charge is -2.11. The van der Waals surface area contributed by atoms with E-state index in [-0.39, 0.29) is 11.0 Å². The van der Waals surface area contributed by atoms with Gasteiger partial charge in [0.05, 0.1) is 15.6 Å². The first kappa shape index (κ1) is 18.3. The first-order valence-electron chi connectivity index (χ1n) is 9.07. The second-order valence-electron chi connectivity index (χ2n) is 6.88. The molecule has 0 aliphatic rings. The molecule has 0 aliphatic heterocycles. The Morgan fingerprint density at radius 1 is 1.18 bits per heavy atom. The molecule has 0 atom stereocenters. The molecule has 3 heterocycles. The number of pyridine rings is 2. The van der Waals surface area contributed by atoms with Crippen molar-refractivity contribution in [3.05, 3.63) is 63.1 Å². The number of carbonyl (C=O) groups excluding carboxylic acids is 1. The van der Waals surface area contributed by atoms with Gasteiger partial charge in [-0.15, -0.1) is 0 Å². The molecular formula is C21H20N4O2S. The van der Waals surface area contributed by atoms with E-state index < -0.39 is 5.91 Å². The molecule has 3 aromatic heterocycles.